The number of β-amino-alcohol motifs (C(OH)–C–C–N with tert-alkyl or cyclic N) is 1. The van der Waals surface area contributed by atoms with E-state index in [2.05, 4.69) is 35.4 Å². The van der Waals surface area contributed by atoms with Gasteiger partial charge in [0, 0.05) is 48.6 Å². The van der Waals surface area contributed by atoms with Crippen LogP contribution < -0.4 is 15.5 Å². The minimum absolute atomic E-state index is 0.0902. The van der Waals surface area contributed by atoms with Crippen molar-refractivity contribution in [3.63, 3.8) is 0 Å². The number of nitrogens with one attached hydrogen (secondary N) is 2. The zero-order valence-electron chi connectivity index (χ0n) is 24.4. The van der Waals surface area contributed by atoms with Gasteiger partial charge in [-0.3, -0.25) is 9.69 Å². The van der Waals surface area contributed by atoms with Crippen LogP contribution in [-0.2, 0) is 0 Å². The van der Waals surface area contributed by atoms with Crippen molar-refractivity contribution in [2.75, 3.05) is 54.9 Å². The summed E-state index contributed by atoms with van der Waals surface area (Å²) in [6.07, 6.45) is 1.28. The van der Waals surface area contributed by atoms with Crippen LogP contribution in [0.3, 0.4) is 0 Å². The van der Waals surface area contributed by atoms with E-state index >= 15 is 0 Å². The molecule has 1 aliphatic heterocycles. The zero-order valence-corrected chi connectivity index (χ0v) is 18.2. The van der Waals surface area contributed by atoms with Gasteiger partial charge in [-0.2, -0.15) is 0 Å². The summed E-state index contributed by atoms with van der Waals surface area (Å²) in [6, 6.07) is -0.958. The van der Waals surface area contributed by atoms with Crippen LogP contribution in [0.1, 0.15) is 30.7 Å². The third-order valence-corrected chi connectivity index (χ3v) is 5.74. The quantitative estimate of drug-likeness (QED) is 0.494. The Balaban J connectivity index is 1.51. The highest BCUT2D eigenvalue weighted by Crippen LogP contribution is 2.25. The third-order valence-electron chi connectivity index (χ3n) is 4.83. The zero-order chi connectivity index (χ0) is 28.5. The Morgan fingerprint density at radius 3 is 2.88 bits per heavy atom. The predicted molar refractivity (Wildman–Crippen MR) is 127 cm³/mol. The number of aromatic nitrogens is 3. The summed E-state index contributed by atoms with van der Waals surface area (Å²) in [5, 5.41) is 14.9. The lowest BCUT2D eigenvalue weighted by Crippen LogP contribution is -2.47. The topological polar surface area (TPSA) is 107 Å². The van der Waals surface area contributed by atoms with Crippen LogP contribution in [0.5, 0.6) is 0 Å². The van der Waals surface area contributed by atoms with Crippen molar-refractivity contribution >= 4 is 39.7 Å². The fraction of sp³-hybridized carbons (Fsp3) is 0.364. The van der Waals surface area contributed by atoms with Crippen molar-refractivity contribution in [2.24, 2.45) is 0 Å². The number of nitrogens with zero attached hydrogens (tertiary/aromatic N) is 5. The Morgan fingerprint density at radius 2 is 2.09 bits per heavy atom. The summed E-state index contributed by atoms with van der Waals surface area (Å²) in [7, 11) is 0. The van der Waals surface area contributed by atoms with Crippen molar-refractivity contribution in [1.82, 2.24) is 19.9 Å². The van der Waals surface area contributed by atoms with Gasteiger partial charge >= 0.3 is 0 Å². The van der Waals surface area contributed by atoms with Crippen molar-refractivity contribution in [2.45, 2.75) is 13.8 Å². The first kappa shape index (κ1) is 14.9. The number of anilines is 4. The molecule has 168 valence electrons. The average molecular weight is 461 g/mol. The lowest BCUT2D eigenvalue weighted by molar-refractivity contribution is 0.103. The number of rotatable bonds is 7. The van der Waals surface area contributed by atoms with Gasteiger partial charge in [-0.1, -0.05) is 29.5 Å². The molecule has 0 bridgehead atoms. The number of carbonyl (C=O) groups is 1. The fourth-order valence-electron chi connectivity index (χ4n) is 3.25. The molecular formula is C22H27N7O2S. The summed E-state index contributed by atoms with van der Waals surface area (Å²) >= 11 is 0.968. The lowest BCUT2D eigenvalue weighted by Gasteiger charge is -2.35. The Bertz CT molecular complexity index is 1380. The summed E-state index contributed by atoms with van der Waals surface area (Å²) in [4.78, 5) is 30.5. The second-order valence-electron chi connectivity index (χ2n) is 7.07. The first-order valence-electron chi connectivity index (χ1n) is 13.5. The van der Waals surface area contributed by atoms with E-state index in [0.29, 0.717) is 23.3 Å². The molecule has 32 heavy (non-hydrogen) atoms. The molecule has 1 amide bonds. The maximum absolute atomic E-state index is 12.9. The van der Waals surface area contributed by atoms with E-state index in [1.165, 1.54) is 6.20 Å². The Morgan fingerprint density at radius 1 is 1.28 bits per heavy atom. The predicted octanol–water partition coefficient (Wildman–Crippen LogP) is 2.66. The number of aliphatic hydroxyl groups excluding tert-OH is 1. The highest BCUT2D eigenvalue weighted by molar-refractivity contribution is 7.17. The SMILES string of the molecule is [2H]c1c([2H])c([2H])c(C([2H])([2H])[2H])c(NC(=O)c2cnc(Nc3cc(N4CCN(CCO)CC4)nc(C)n3)s2)c1[2H]. The van der Waals surface area contributed by atoms with Crippen molar-refractivity contribution in [3.05, 3.63) is 52.7 Å². The molecular weight excluding hydrogens is 426 g/mol. The van der Waals surface area contributed by atoms with E-state index in [0.717, 1.165) is 43.3 Å². The molecule has 4 rings (SSSR count). The number of benzene rings is 1. The summed E-state index contributed by atoms with van der Waals surface area (Å²) in [6.45, 7) is 2.73. The normalized spacial score (nSPS) is 17.9. The number of aryl methyl sites for hydroxylation is 1. The third kappa shape index (κ3) is 5.39. The molecule has 1 saturated heterocycles. The van der Waals surface area contributed by atoms with Gasteiger partial charge in [-0.15, -0.1) is 0 Å². The van der Waals surface area contributed by atoms with E-state index in [1.54, 1.807) is 13.0 Å². The molecule has 0 spiro atoms. The maximum Gasteiger partial charge on any atom is 0.267 e. The van der Waals surface area contributed by atoms with Crippen molar-refractivity contribution in [3.8, 4) is 0 Å². The van der Waals surface area contributed by atoms with E-state index in [1.807, 2.05) is 0 Å². The molecule has 9 nitrogen and oxygen atoms in total. The smallest absolute Gasteiger partial charge is 0.267 e. The van der Waals surface area contributed by atoms with E-state index < -0.39 is 48.2 Å². The lowest BCUT2D eigenvalue weighted by atomic mass is 10.2. The van der Waals surface area contributed by atoms with Crippen molar-refractivity contribution in [1.29, 1.82) is 0 Å². The molecule has 0 radical (unpaired) electrons. The van der Waals surface area contributed by atoms with Crippen molar-refractivity contribution < 1.29 is 19.5 Å². The molecule has 0 unspecified atom stereocenters. The second kappa shape index (κ2) is 10.0. The highest BCUT2D eigenvalue weighted by Gasteiger charge is 2.19. The minimum atomic E-state index is -2.88. The summed E-state index contributed by atoms with van der Waals surface area (Å²) < 4.78 is 54.9. The molecule has 0 saturated carbocycles. The Kier molecular flexibility index (Phi) is 4.66. The number of thiazole rings is 1. The van der Waals surface area contributed by atoms with Crippen LogP contribution in [0.2, 0.25) is 0 Å². The number of amides is 1. The van der Waals surface area contributed by atoms with Gasteiger partial charge in [0.2, 0.25) is 0 Å². The monoisotopic (exact) mass is 460 g/mol. The number of hydrogen-bond donors (Lipinski definition) is 3. The first-order chi connectivity index (χ1) is 18.4. The Labute approximate surface area is 201 Å². The number of piperazine rings is 1. The van der Waals surface area contributed by atoms with E-state index in [4.69, 9.17) is 14.7 Å². The van der Waals surface area contributed by atoms with Gasteiger partial charge in [-0.25, -0.2) is 15.0 Å². The number of para-hydroxylation sites is 1. The maximum atomic E-state index is 12.9. The Hall–Kier alpha value is -3.08. The van der Waals surface area contributed by atoms with Gasteiger partial charge in [0.1, 0.15) is 22.3 Å². The fourth-order valence-corrected chi connectivity index (χ4v) is 3.97. The molecule has 3 heterocycles. The first-order valence-corrected chi connectivity index (χ1v) is 10.8. The van der Waals surface area contributed by atoms with Gasteiger partial charge in [0.15, 0.2) is 5.13 Å². The molecule has 0 aliphatic carbocycles. The number of hydrogen-bond acceptors (Lipinski definition) is 9. The molecule has 1 aliphatic rings. The van der Waals surface area contributed by atoms with Crippen LogP contribution in [0.15, 0.2) is 36.4 Å². The van der Waals surface area contributed by atoms with E-state index in [9.17, 15) is 4.79 Å². The number of carbonyl (C=O) groups excluding carboxylic acids is 1. The minimum Gasteiger partial charge on any atom is -0.395 e. The largest absolute Gasteiger partial charge is 0.395 e. The van der Waals surface area contributed by atoms with Crippen LogP contribution in [0, 0.1) is 13.8 Å². The molecule has 1 fully saturated rings. The van der Waals surface area contributed by atoms with Gasteiger partial charge < -0.3 is 20.6 Å². The van der Waals surface area contributed by atoms with Crippen LogP contribution in [-0.4, -0.2) is 70.2 Å². The second-order valence-corrected chi connectivity index (χ2v) is 8.10. The average Bonchev–Trinajstić information content (AvgIpc) is 3.34. The molecule has 0 atom stereocenters. The molecule has 10 heteroatoms. The highest BCUT2D eigenvalue weighted by atomic mass is 32.1. The summed E-state index contributed by atoms with van der Waals surface area (Å²) in [5.41, 5.74) is -1.16. The van der Waals surface area contributed by atoms with Gasteiger partial charge in [-0.05, 0) is 25.4 Å². The van der Waals surface area contributed by atoms with Crippen LogP contribution >= 0.6 is 11.3 Å². The number of aliphatic hydroxyl groups is 1. The molecule has 3 N–H and O–H groups in total. The van der Waals surface area contributed by atoms with E-state index in [-0.39, 0.29) is 11.5 Å². The molecule has 3 aromatic rings. The van der Waals surface area contributed by atoms with Gasteiger partial charge in [0.05, 0.1) is 18.3 Å². The van der Waals surface area contributed by atoms with Crippen LogP contribution in [0.25, 0.3) is 0 Å². The van der Waals surface area contributed by atoms with Crippen LogP contribution in [0.4, 0.5) is 22.5 Å². The standard InChI is InChI=1S/C22H27N7O2S/c1-15-5-3-4-6-17(15)26-21(31)18-14-23-22(32-18)27-19-13-20(25-16(2)24-19)29-9-7-28(8-10-29)11-12-30/h3-6,13-14,30H,7-12H2,1-2H3,(H,26,31)(H,23,24,25,27)/i1D3,3D,4D,5D,6D. The summed E-state index contributed by atoms with van der Waals surface area (Å²) in [5.74, 6) is 0.978. The molecule has 2 aromatic heterocycles. The van der Waals surface area contributed by atoms with Gasteiger partial charge in [0.25, 0.3) is 5.91 Å². The molecule has 1 aromatic carbocycles.